The van der Waals surface area contributed by atoms with Crippen LogP contribution in [0, 0.1) is 11.7 Å². The number of hydrogen-bond donors (Lipinski definition) is 3. The molecule has 0 unspecified atom stereocenters. The first kappa shape index (κ1) is 51.4. The number of aromatic nitrogens is 2. The molecule has 3 N–H and O–H groups in total. The molecule has 2 bridgehead atoms. The lowest BCUT2D eigenvalue weighted by Gasteiger charge is -2.54. The highest BCUT2D eigenvalue weighted by atomic mass is 19.1. The summed E-state index contributed by atoms with van der Waals surface area (Å²) >= 11 is 0. The fraction of sp³-hybridized carbons (Fsp3) is 0.466. The van der Waals surface area contributed by atoms with Crippen molar-refractivity contribution in [2.45, 2.75) is 114 Å². The highest BCUT2D eigenvalue weighted by molar-refractivity contribution is 5.95. The number of benzene rings is 4. The predicted molar refractivity (Wildman–Crippen MR) is 278 cm³/mol. The first-order valence-electron chi connectivity index (χ1n) is 26.4. The van der Waals surface area contributed by atoms with Crippen LogP contribution in [0.25, 0.3) is 21.9 Å². The van der Waals surface area contributed by atoms with Crippen molar-refractivity contribution in [1.29, 1.82) is 0 Å². The van der Waals surface area contributed by atoms with Gasteiger partial charge >= 0.3 is 12.2 Å². The third kappa shape index (κ3) is 11.1. The summed E-state index contributed by atoms with van der Waals surface area (Å²) in [5.74, 6) is -2.01. The van der Waals surface area contributed by atoms with E-state index in [2.05, 4.69) is 33.0 Å². The van der Waals surface area contributed by atoms with Gasteiger partial charge in [-0.2, -0.15) is 5.10 Å². The summed E-state index contributed by atoms with van der Waals surface area (Å²) < 4.78 is 33.8. The van der Waals surface area contributed by atoms with Crippen molar-refractivity contribution in [3.05, 3.63) is 135 Å². The number of hydrogen-bond acceptors (Lipinski definition) is 10. The van der Waals surface area contributed by atoms with Crippen LogP contribution in [-0.2, 0) is 30.2 Å². The molecule has 4 aromatic carbocycles. The van der Waals surface area contributed by atoms with Crippen molar-refractivity contribution in [2.24, 2.45) is 5.92 Å². The molecule has 5 aromatic rings. The average Bonchev–Trinajstić information content (AvgIpc) is 3.74. The van der Waals surface area contributed by atoms with Crippen molar-refractivity contribution in [1.82, 2.24) is 35.5 Å². The van der Waals surface area contributed by atoms with Gasteiger partial charge in [-0.1, -0.05) is 92.1 Å². The van der Waals surface area contributed by atoms with Gasteiger partial charge < -0.3 is 34.6 Å². The highest BCUT2D eigenvalue weighted by Gasteiger charge is 2.53. The summed E-state index contributed by atoms with van der Waals surface area (Å²) in [6, 6.07) is 26.8. The number of fused-ring (bicyclic) bond motifs is 7. The quantitative estimate of drug-likeness (QED) is 0.105. The SMILES string of the molecule is CC(C)(C)OC(=O)N[C@@H](C(=O)NC12CCC(CN(CC(=O)N3CCN(C(=O)c4cc(Cc5n[nH]c(=O)c6ccccc56)ccc4F)CC3)C(=O)OCC3c4ccccc4-c4ccccc43)(CC1)OC2)C1CCCCC1. The molecule has 3 aliphatic carbocycles. The van der Waals surface area contributed by atoms with E-state index in [9.17, 15) is 28.8 Å². The van der Waals surface area contributed by atoms with Crippen LogP contribution >= 0.6 is 0 Å². The Balaban J connectivity index is 0.811. The highest BCUT2D eigenvalue weighted by Crippen LogP contribution is 2.46. The smallest absolute Gasteiger partial charge is 0.410 e. The molecular weight excluding hydrogens is 958 g/mol. The van der Waals surface area contributed by atoms with E-state index in [1.54, 1.807) is 49.9 Å². The van der Waals surface area contributed by atoms with Gasteiger partial charge in [-0.15, -0.1) is 0 Å². The molecule has 6 aliphatic rings. The molecule has 0 spiro atoms. The number of amides is 5. The number of carbonyl (C=O) groups excluding carboxylic acids is 5. The molecule has 3 aliphatic heterocycles. The molecule has 17 heteroatoms. The lowest BCUT2D eigenvalue weighted by Crippen LogP contribution is -2.67. The Morgan fingerprint density at radius 3 is 2.13 bits per heavy atom. The summed E-state index contributed by atoms with van der Waals surface area (Å²) in [5.41, 5.74) is 2.86. The molecule has 394 valence electrons. The fourth-order valence-electron chi connectivity index (χ4n) is 11.9. The molecule has 1 atom stereocenters. The lowest BCUT2D eigenvalue weighted by molar-refractivity contribution is -0.174. The van der Waals surface area contributed by atoms with Gasteiger partial charge in [-0.05, 0) is 111 Å². The number of piperazine rings is 1. The van der Waals surface area contributed by atoms with Gasteiger partial charge in [0.1, 0.15) is 30.6 Å². The van der Waals surface area contributed by atoms with Gasteiger partial charge in [-0.25, -0.2) is 19.1 Å². The van der Waals surface area contributed by atoms with Crippen LogP contribution < -0.4 is 16.2 Å². The number of rotatable bonds is 13. The van der Waals surface area contributed by atoms with E-state index in [-0.39, 0.29) is 93.7 Å². The van der Waals surface area contributed by atoms with Gasteiger partial charge in [0.05, 0.1) is 40.9 Å². The summed E-state index contributed by atoms with van der Waals surface area (Å²) in [4.78, 5) is 87.0. The Bertz CT molecular complexity index is 2980. The van der Waals surface area contributed by atoms with E-state index in [1.165, 1.54) is 21.9 Å². The van der Waals surface area contributed by atoms with Crippen LogP contribution in [0.1, 0.15) is 117 Å². The first-order chi connectivity index (χ1) is 36.1. The second kappa shape index (κ2) is 21.2. The van der Waals surface area contributed by atoms with Crippen molar-refractivity contribution < 1.29 is 42.6 Å². The largest absolute Gasteiger partial charge is 0.448 e. The Hall–Kier alpha value is -7.14. The maximum absolute atomic E-state index is 15.4. The Morgan fingerprint density at radius 2 is 1.48 bits per heavy atom. The average molecular weight is 1020 g/mol. The van der Waals surface area contributed by atoms with Crippen LogP contribution in [0.3, 0.4) is 0 Å². The molecule has 5 fully saturated rings. The van der Waals surface area contributed by atoms with Gasteiger partial charge in [0.25, 0.3) is 11.5 Å². The third-order valence-corrected chi connectivity index (χ3v) is 16.0. The van der Waals surface area contributed by atoms with E-state index in [0.29, 0.717) is 47.7 Å². The molecule has 1 aromatic heterocycles. The number of nitrogens with one attached hydrogen (secondary N) is 3. The van der Waals surface area contributed by atoms with Crippen LogP contribution in [0.2, 0.25) is 0 Å². The monoisotopic (exact) mass is 1020 g/mol. The topological polar surface area (TPSA) is 193 Å². The van der Waals surface area contributed by atoms with Crippen LogP contribution in [0.5, 0.6) is 0 Å². The zero-order chi connectivity index (χ0) is 52.5. The maximum atomic E-state index is 15.4. The second-order valence-electron chi connectivity index (χ2n) is 22.1. The van der Waals surface area contributed by atoms with Gasteiger partial charge in [-0.3, -0.25) is 24.1 Å². The van der Waals surface area contributed by atoms with E-state index >= 15 is 4.39 Å². The molecule has 0 radical (unpaired) electrons. The van der Waals surface area contributed by atoms with Crippen LogP contribution in [0.15, 0.2) is 95.8 Å². The standard InChI is InChI=1S/C58H66FN7O9/c1-56(2,3)75-54(71)60-50(38-13-5-4-6-14-38)52(69)61-57-23-25-58(26-24-57,74-36-57)35-66(55(72)73-34-46-41-17-9-7-15-39(41)40-16-8-10-18-42(40)46)33-49(67)64-27-29-65(30-28-64)53(70)45-31-37(21-22-47(45)59)32-48-43-19-11-12-20-44(43)51(68)63-62-48/h7-12,15-22,31,38,46,50H,4-6,13-14,23-30,32-36H2,1-3H3,(H,60,71)(H,61,69)(H,63,68)/t50-,57?,58?/m1/s1. The summed E-state index contributed by atoms with van der Waals surface area (Å²) in [5, 5.41) is 14.1. The van der Waals surface area contributed by atoms with Gasteiger partial charge in [0.2, 0.25) is 11.8 Å². The number of carbonyl (C=O) groups is 5. The second-order valence-corrected chi connectivity index (χ2v) is 22.1. The molecule has 3 saturated heterocycles. The van der Waals surface area contributed by atoms with Crippen LogP contribution in [-0.4, -0.2) is 130 Å². The number of aromatic amines is 1. The molecule has 5 amide bonds. The van der Waals surface area contributed by atoms with Crippen LogP contribution in [0.4, 0.5) is 14.0 Å². The number of H-pyrrole nitrogens is 1. The fourth-order valence-corrected chi connectivity index (χ4v) is 11.9. The lowest BCUT2D eigenvalue weighted by atomic mass is 9.70. The number of ether oxygens (including phenoxy) is 3. The number of alkyl carbamates (subject to hydrolysis) is 1. The molecule has 16 nitrogen and oxygen atoms in total. The minimum Gasteiger partial charge on any atom is -0.448 e. The molecule has 2 saturated carbocycles. The third-order valence-electron chi connectivity index (χ3n) is 16.0. The molecule has 11 rings (SSSR count). The predicted octanol–water partition coefficient (Wildman–Crippen LogP) is 7.86. The van der Waals surface area contributed by atoms with Crippen molar-refractivity contribution in [2.75, 3.05) is 52.5 Å². The van der Waals surface area contributed by atoms with Crippen molar-refractivity contribution in [3.63, 3.8) is 0 Å². The minimum absolute atomic E-state index is 0.0258. The van der Waals surface area contributed by atoms with Gasteiger partial charge in [0.15, 0.2) is 0 Å². The summed E-state index contributed by atoms with van der Waals surface area (Å²) in [7, 11) is 0. The Labute approximate surface area is 435 Å². The first-order valence-corrected chi connectivity index (χ1v) is 26.4. The van der Waals surface area contributed by atoms with Crippen molar-refractivity contribution >= 4 is 40.7 Å². The van der Waals surface area contributed by atoms with E-state index < -0.39 is 46.7 Å². The minimum atomic E-state index is -0.819. The van der Waals surface area contributed by atoms with Gasteiger partial charge in [0, 0.05) is 43.9 Å². The van der Waals surface area contributed by atoms with E-state index in [4.69, 9.17) is 14.2 Å². The number of nitrogens with zero attached hydrogens (tertiary/aromatic N) is 4. The van der Waals surface area contributed by atoms with E-state index in [1.807, 2.05) is 42.5 Å². The molecular formula is C58H66FN7O9. The van der Waals surface area contributed by atoms with E-state index in [0.717, 1.165) is 54.4 Å². The zero-order valence-electron chi connectivity index (χ0n) is 43.0. The zero-order valence-corrected chi connectivity index (χ0v) is 43.0. The molecule has 4 heterocycles. The summed E-state index contributed by atoms with van der Waals surface area (Å²) in [6.07, 6.45) is 5.79. The van der Waals surface area contributed by atoms with Crippen molar-refractivity contribution in [3.8, 4) is 11.1 Å². The molecule has 75 heavy (non-hydrogen) atoms. The Morgan fingerprint density at radius 1 is 0.840 bits per heavy atom. The Kier molecular flexibility index (Phi) is 14.5. The maximum Gasteiger partial charge on any atom is 0.410 e. The normalized spacial score (nSPS) is 21.0. The number of halogens is 1. The summed E-state index contributed by atoms with van der Waals surface area (Å²) in [6.45, 7) is 5.97.